The first kappa shape index (κ1) is 16.3. The van der Waals surface area contributed by atoms with Crippen LogP contribution in [0.15, 0.2) is 36.4 Å². The number of hydrogen-bond acceptors (Lipinski definition) is 3. The summed E-state index contributed by atoms with van der Waals surface area (Å²) in [5.41, 5.74) is 1.12. The van der Waals surface area contributed by atoms with Gasteiger partial charge in [-0.15, -0.1) is 0 Å². The van der Waals surface area contributed by atoms with Crippen LogP contribution in [0.2, 0.25) is 0 Å². The van der Waals surface area contributed by atoms with Gasteiger partial charge in [0, 0.05) is 37.8 Å². The molecule has 3 heteroatoms. The monoisotopic (exact) mass is 312 g/mol. The maximum Gasteiger partial charge on any atom is 0.121 e. The average Bonchev–Trinajstić information content (AvgIpc) is 2.57. The summed E-state index contributed by atoms with van der Waals surface area (Å²) in [6.07, 6.45) is 2.27. The molecule has 0 aliphatic carbocycles. The molecule has 1 atom stereocenters. The summed E-state index contributed by atoms with van der Waals surface area (Å²) in [5, 5.41) is 16.5. The molecule has 1 aliphatic rings. The summed E-state index contributed by atoms with van der Waals surface area (Å²) < 4.78 is 0. The van der Waals surface area contributed by atoms with Crippen molar-refractivity contribution >= 4 is 10.8 Å². The Labute approximate surface area is 139 Å². The van der Waals surface area contributed by atoms with Gasteiger partial charge in [-0.1, -0.05) is 44.2 Å². The molecular weight excluding hydrogens is 284 g/mol. The van der Waals surface area contributed by atoms with E-state index in [1.807, 2.05) is 12.1 Å². The third kappa shape index (κ3) is 3.67. The van der Waals surface area contributed by atoms with Gasteiger partial charge in [0.15, 0.2) is 0 Å². The minimum Gasteiger partial charge on any atom is -0.508 e. The lowest BCUT2D eigenvalue weighted by Gasteiger charge is -2.36. The lowest BCUT2D eigenvalue weighted by Crippen LogP contribution is -2.45. The van der Waals surface area contributed by atoms with E-state index in [2.05, 4.69) is 48.3 Å². The van der Waals surface area contributed by atoms with E-state index in [9.17, 15) is 5.11 Å². The molecule has 3 nitrogen and oxygen atoms in total. The second-order valence-electron chi connectivity index (χ2n) is 6.99. The number of nitrogens with one attached hydrogen (secondary N) is 1. The molecule has 0 aromatic heterocycles. The van der Waals surface area contributed by atoms with E-state index < -0.39 is 0 Å². The van der Waals surface area contributed by atoms with E-state index in [0.717, 1.165) is 38.2 Å². The Bertz CT molecular complexity index is 647. The summed E-state index contributed by atoms with van der Waals surface area (Å²) >= 11 is 0. The molecule has 2 aromatic carbocycles. The summed E-state index contributed by atoms with van der Waals surface area (Å²) in [7, 11) is 0. The number of phenolic OH excluding ortho intramolecular Hbond substituents is 1. The molecular formula is C20H28N2O. The Morgan fingerprint density at radius 2 is 1.78 bits per heavy atom. The maximum absolute atomic E-state index is 10.6. The number of fused-ring (bicyclic) bond motifs is 1. The van der Waals surface area contributed by atoms with Crippen LogP contribution < -0.4 is 5.32 Å². The smallest absolute Gasteiger partial charge is 0.121 e. The molecule has 1 saturated heterocycles. The molecule has 0 unspecified atom stereocenters. The van der Waals surface area contributed by atoms with Gasteiger partial charge < -0.3 is 10.4 Å². The molecule has 0 bridgehead atoms. The van der Waals surface area contributed by atoms with E-state index in [4.69, 9.17) is 0 Å². The summed E-state index contributed by atoms with van der Waals surface area (Å²) in [5.74, 6) is 1.12. The van der Waals surface area contributed by atoms with Gasteiger partial charge in [0.05, 0.1) is 0 Å². The van der Waals surface area contributed by atoms with Crippen LogP contribution in [0.1, 0.15) is 38.3 Å². The first-order chi connectivity index (χ1) is 11.2. The van der Waals surface area contributed by atoms with Crippen LogP contribution in [0.25, 0.3) is 10.8 Å². The molecule has 1 heterocycles. The van der Waals surface area contributed by atoms with Crippen LogP contribution in [0.3, 0.4) is 0 Å². The molecule has 3 rings (SSSR count). The zero-order valence-electron chi connectivity index (χ0n) is 14.3. The molecule has 0 amide bonds. The van der Waals surface area contributed by atoms with Crippen molar-refractivity contribution in [2.24, 2.45) is 5.92 Å². The molecule has 2 aromatic rings. The lowest BCUT2D eigenvalue weighted by atomic mass is 9.91. The Kier molecular flexibility index (Phi) is 5.19. The molecule has 0 spiro atoms. The van der Waals surface area contributed by atoms with Crippen molar-refractivity contribution in [3.8, 4) is 5.75 Å². The molecule has 1 fully saturated rings. The third-order valence-corrected chi connectivity index (χ3v) is 4.89. The van der Waals surface area contributed by atoms with Crippen molar-refractivity contribution in [2.45, 2.75) is 32.7 Å². The van der Waals surface area contributed by atoms with E-state index >= 15 is 0 Å². The van der Waals surface area contributed by atoms with Crippen molar-refractivity contribution in [3.05, 3.63) is 42.0 Å². The first-order valence-electron chi connectivity index (χ1n) is 8.82. The topological polar surface area (TPSA) is 35.5 Å². The fourth-order valence-corrected chi connectivity index (χ4v) is 3.63. The lowest BCUT2D eigenvalue weighted by molar-refractivity contribution is 0.158. The fraction of sp³-hybridized carbons (Fsp3) is 0.500. The molecule has 2 N–H and O–H groups in total. The molecule has 1 aliphatic heterocycles. The third-order valence-electron chi connectivity index (χ3n) is 4.89. The summed E-state index contributed by atoms with van der Waals surface area (Å²) in [6.45, 7) is 8.71. The van der Waals surface area contributed by atoms with Crippen LogP contribution in [0.5, 0.6) is 5.75 Å². The normalized spacial score (nSPS) is 17.7. The summed E-state index contributed by atoms with van der Waals surface area (Å²) in [4.78, 5) is 2.54. The fourth-order valence-electron chi connectivity index (χ4n) is 3.63. The van der Waals surface area contributed by atoms with Crippen LogP contribution in [0.4, 0.5) is 0 Å². The van der Waals surface area contributed by atoms with Gasteiger partial charge in [-0.25, -0.2) is 0 Å². The number of benzene rings is 2. The quantitative estimate of drug-likeness (QED) is 0.878. The van der Waals surface area contributed by atoms with Crippen LogP contribution in [-0.4, -0.2) is 36.2 Å². The number of nitrogens with zero attached hydrogens (tertiary/aromatic N) is 1. The highest BCUT2D eigenvalue weighted by molar-refractivity contribution is 5.88. The van der Waals surface area contributed by atoms with Crippen molar-refractivity contribution in [3.63, 3.8) is 0 Å². The number of phenols is 1. The Hall–Kier alpha value is -1.58. The molecule has 0 saturated carbocycles. The van der Waals surface area contributed by atoms with E-state index in [-0.39, 0.29) is 0 Å². The average molecular weight is 312 g/mol. The zero-order valence-corrected chi connectivity index (χ0v) is 14.3. The molecule has 23 heavy (non-hydrogen) atoms. The van der Waals surface area contributed by atoms with Gasteiger partial charge in [0.2, 0.25) is 0 Å². The Morgan fingerprint density at radius 3 is 2.52 bits per heavy atom. The van der Waals surface area contributed by atoms with Crippen LogP contribution >= 0.6 is 0 Å². The van der Waals surface area contributed by atoms with Crippen molar-refractivity contribution in [1.82, 2.24) is 10.2 Å². The predicted molar refractivity (Wildman–Crippen MR) is 96.9 cm³/mol. The number of aromatic hydroxyl groups is 1. The van der Waals surface area contributed by atoms with Gasteiger partial charge in [0.1, 0.15) is 5.75 Å². The Morgan fingerprint density at radius 1 is 1.04 bits per heavy atom. The van der Waals surface area contributed by atoms with E-state index in [1.54, 1.807) is 0 Å². The minimum atomic E-state index is 0.297. The standard InChI is InChI=1S/C20H28N2O/c1-15(2)7-9-18(22-13-11-21-12-14-22)20-17-6-4-3-5-16(17)8-10-19(20)23/h3-6,8,10,15,18,21,23H,7,9,11-14H2,1-2H3/t18-/m1/s1. The molecule has 124 valence electrons. The second-order valence-corrected chi connectivity index (χ2v) is 6.99. The van der Waals surface area contributed by atoms with Gasteiger partial charge in [-0.05, 0) is 35.6 Å². The van der Waals surface area contributed by atoms with Crippen molar-refractivity contribution in [1.29, 1.82) is 0 Å². The second kappa shape index (κ2) is 7.33. The first-order valence-corrected chi connectivity index (χ1v) is 8.82. The highest BCUT2D eigenvalue weighted by atomic mass is 16.3. The largest absolute Gasteiger partial charge is 0.508 e. The van der Waals surface area contributed by atoms with Gasteiger partial charge >= 0.3 is 0 Å². The highest BCUT2D eigenvalue weighted by Gasteiger charge is 2.26. The number of rotatable bonds is 5. The van der Waals surface area contributed by atoms with Crippen LogP contribution in [-0.2, 0) is 0 Å². The SMILES string of the molecule is CC(C)CC[C@H](c1c(O)ccc2ccccc12)N1CCNCC1. The van der Waals surface area contributed by atoms with Gasteiger partial charge in [-0.2, -0.15) is 0 Å². The predicted octanol–water partition coefficient (Wildman–Crippen LogP) is 3.93. The zero-order chi connectivity index (χ0) is 16.2. The number of piperazine rings is 1. The Balaban J connectivity index is 2.02. The minimum absolute atomic E-state index is 0.297. The summed E-state index contributed by atoms with van der Waals surface area (Å²) in [6, 6.07) is 12.6. The van der Waals surface area contributed by atoms with E-state index in [0.29, 0.717) is 17.7 Å². The van der Waals surface area contributed by atoms with Crippen molar-refractivity contribution < 1.29 is 5.11 Å². The van der Waals surface area contributed by atoms with Gasteiger partial charge in [-0.3, -0.25) is 4.90 Å². The maximum atomic E-state index is 10.6. The van der Waals surface area contributed by atoms with E-state index in [1.165, 1.54) is 17.2 Å². The number of hydrogen-bond donors (Lipinski definition) is 2. The highest BCUT2D eigenvalue weighted by Crippen LogP contribution is 2.38. The van der Waals surface area contributed by atoms with Gasteiger partial charge in [0.25, 0.3) is 0 Å². The molecule has 0 radical (unpaired) electrons. The van der Waals surface area contributed by atoms with Crippen molar-refractivity contribution in [2.75, 3.05) is 26.2 Å². The van der Waals surface area contributed by atoms with Crippen LogP contribution in [0, 0.1) is 5.92 Å².